The number of rotatable bonds is 6. The summed E-state index contributed by atoms with van der Waals surface area (Å²) < 4.78 is 5.63. The van der Waals surface area contributed by atoms with E-state index in [-0.39, 0.29) is 0 Å². The lowest BCUT2D eigenvalue weighted by atomic mass is 9.85. The summed E-state index contributed by atoms with van der Waals surface area (Å²) in [5, 5.41) is 2.72. The van der Waals surface area contributed by atoms with Gasteiger partial charge in [-0.05, 0) is 24.0 Å². The highest BCUT2D eigenvalue weighted by molar-refractivity contribution is 5.85. The summed E-state index contributed by atoms with van der Waals surface area (Å²) in [6, 6.07) is 9.21. The zero-order valence-corrected chi connectivity index (χ0v) is 13.3. The van der Waals surface area contributed by atoms with Crippen molar-refractivity contribution in [1.82, 2.24) is 0 Å². The highest BCUT2D eigenvalue weighted by Gasteiger charge is 2.34. The van der Waals surface area contributed by atoms with Gasteiger partial charge in [0, 0.05) is 18.5 Å². The second kappa shape index (κ2) is 7.73. The number of benzene rings is 1. The van der Waals surface area contributed by atoms with Crippen LogP contribution in [0.1, 0.15) is 40.5 Å². The summed E-state index contributed by atoms with van der Waals surface area (Å²) in [7, 11) is 0. The molecule has 0 spiro atoms. The van der Waals surface area contributed by atoms with Gasteiger partial charge in [0.1, 0.15) is 0 Å². The predicted octanol–water partition coefficient (Wildman–Crippen LogP) is 4.70. The van der Waals surface area contributed by atoms with Gasteiger partial charge in [0.15, 0.2) is 5.60 Å². The first kappa shape index (κ1) is 17.1. The third-order valence-electron chi connectivity index (χ3n) is 3.05. The fourth-order valence-corrected chi connectivity index (χ4v) is 2.48. The number of hydrogen-bond donors (Lipinski definition) is 1. The molecule has 3 heteroatoms. The number of nitrogens with one attached hydrogen (secondary N) is 1. The lowest BCUT2D eigenvalue weighted by molar-refractivity contribution is 0.0334. The fourth-order valence-electron chi connectivity index (χ4n) is 2.48. The number of ether oxygens (including phenoxy) is 1. The van der Waals surface area contributed by atoms with E-state index in [0.29, 0.717) is 30.4 Å². The van der Waals surface area contributed by atoms with Crippen molar-refractivity contribution in [2.75, 3.05) is 5.32 Å². The van der Waals surface area contributed by atoms with Gasteiger partial charge < -0.3 is 4.74 Å². The van der Waals surface area contributed by atoms with Gasteiger partial charge in [0.2, 0.25) is 0 Å². The van der Waals surface area contributed by atoms with Gasteiger partial charge in [-0.2, -0.15) is 0 Å². The quantitative estimate of drug-likeness (QED) is 0.770. The molecule has 0 saturated carbocycles. The van der Waals surface area contributed by atoms with Crippen LogP contribution in [0.15, 0.2) is 30.3 Å². The van der Waals surface area contributed by atoms with Crippen LogP contribution in [0.2, 0.25) is 0 Å². The van der Waals surface area contributed by atoms with Crippen LogP contribution in [0.25, 0.3) is 0 Å². The molecular weight excluding hydrogens is 262 g/mol. The van der Waals surface area contributed by atoms with Crippen molar-refractivity contribution >= 4 is 11.8 Å². The Kier molecular flexibility index (Phi) is 6.30. The molecule has 0 aliphatic rings. The first-order chi connectivity index (χ1) is 9.87. The van der Waals surface area contributed by atoms with Gasteiger partial charge in [-0.1, -0.05) is 51.8 Å². The summed E-state index contributed by atoms with van der Waals surface area (Å²) in [4.78, 5) is 12.1. The number of anilines is 1. The molecule has 0 atom stereocenters. The lowest BCUT2D eigenvalue weighted by Crippen LogP contribution is -2.38. The normalized spacial score (nSPS) is 11.3. The van der Waals surface area contributed by atoms with Crippen molar-refractivity contribution < 1.29 is 9.53 Å². The summed E-state index contributed by atoms with van der Waals surface area (Å²) in [6.45, 7) is 8.30. The average molecular weight is 287 g/mol. The van der Waals surface area contributed by atoms with E-state index < -0.39 is 11.7 Å². The van der Waals surface area contributed by atoms with Gasteiger partial charge in [0.25, 0.3) is 0 Å². The second-order valence-corrected chi connectivity index (χ2v) is 6.22. The maximum absolute atomic E-state index is 12.1. The summed E-state index contributed by atoms with van der Waals surface area (Å²) in [5.74, 6) is 3.41. The minimum atomic E-state index is -0.846. The van der Waals surface area contributed by atoms with E-state index in [1.54, 1.807) is 0 Å². The Labute approximate surface area is 128 Å². The fraction of sp³-hybridized carbons (Fsp3) is 0.500. The number of terminal acetylenes is 1. The first-order valence-corrected chi connectivity index (χ1v) is 7.39. The molecule has 0 heterocycles. The second-order valence-electron chi connectivity index (χ2n) is 6.22. The van der Waals surface area contributed by atoms with Crippen molar-refractivity contribution in [2.45, 2.75) is 46.1 Å². The first-order valence-electron chi connectivity index (χ1n) is 7.39. The Morgan fingerprint density at radius 1 is 1.19 bits per heavy atom. The summed E-state index contributed by atoms with van der Waals surface area (Å²) in [5.41, 5.74) is -0.149. The molecular formula is C18H25NO2. The van der Waals surface area contributed by atoms with Crippen LogP contribution < -0.4 is 5.32 Å². The van der Waals surface area contributed by atoms with Crippen molar-refractivity contribution in [3.05, 3.63) is 30.3 Å². The number of para-hydroxylation sites is 1. The molecule has 0 saturated heterocycles. The van der Waals surface area contributed by atoms with Crippen LogP contribution in [0, 0.1) is 24.2 Å². The minimum Gasteiger partial charge on any atom is -0.429 e. The van der Waals surface area contributed by atoms with Crippen molar-refractivity contribution in [3.8, 4) is 12.3 Å². The highest BCUT2D eigenvalue weighted by Crippen LogP contribution is 2.29. The largest absolute Gasteiger partial charge is 0.429 e. The molecule has 0 radical (unpaired) electrons. The zero-order chi connectivity index (χ0) is 15.9. The van der Waals surface area contributed by atoms with Gasteiger partial charge in [-0.15, -0.1) is 6.42 Å². The van der Waals surface area contributed by atoms with E-state index in [9.17, 15) is 4.79 Å². The molecule has 114 valence electrons. The molecule has 21 heavy (non-hydrogen) atoms. The summed E-state index contributed by atoms with van der Waals surface area (Å²) >= 11 is 0. The molecule has 0 unspecified atom stereocenters. The third-order valence-corrected chi connectivity index (χ3v) is 3.05. The van der Waals surface area contributed by atoms with Gasteiger partial charge in [-0.25, -0.2) is 4.79 Å². The number of amides is 1. The average Bonchev–Trinajstić information content (AvgIpc) is 2.37. The molecule has 0 aliphatic carbocycles. The minimum absolute atomic E-state index is 0.351. The molecule has 1 amide bonds. The van der Waals surface area contributed by atoms with E-state index in [2.05, 4.69) is 38.9 Å². The monoisotopic (exact) mass is 287 g/mol. The van der Waals surface area contributed by atoms with Crippen LogP contribution in [-0.4, -0.2) is 11.7 Å². The summed E-state index contributed by atoms with van der Waals surface area (Å²) in [6.07, 6.45) is 6.50. The topological polar surface area (TPSA) is 38.3 Å². The molecule has 1 N–H and O–H groups in total. The molecule has 1 aromatic carbocycles. The maximum atomic E-state index is 12.1. The smallest absolute Gasteiger partial charge is 0.413 e. The Hall–Kier alpha value is -1.95. The van der Waals surface area contributed by atoms with E-state index in [4.69, 9.17) is 11.2 Å². The van der Waals surface area contributed by atoms with Crippen LogP contribution in [0.5, 0.6) is 0 Å². The van der Waals surface area contributed by atoms with E-state index >= 15 is 0 Å². The number of carbonyl (C=O) groups is 1. The Morgan fingerprint density at radius 3 is 2.14 bits per heavy atom. The van der Waals surface area contributed by atoms with Crippen LogP contribution >= 0.6 is 0 Å². The van der Waals surface area contributed by atoms with Crippen LogP contribution in [0.3, 0.4) is 0 Å². The molecule has 0 bridgehead atoms. The van der Waals surface area contributed by atoms with Gasteiger partial charge in [0.05, 0.1) is 0 Å². The van der Waals surface area contributed by atoms with E-state index in [1.807, 2.05) is 30.3 Å². The molecule has 1 aromatic rings. The molecule has 3 nitrogen and oxygen atoms in total. The van der Waals surface area contributed by atoms with Gasteiger partial charge >= 0.3 is 6.09 Å². The Morgan fingerprint density at radius 2 is 1.71 bits per heavy atom. The molecule has 1 rings (SSSR count). The van der Waals surface area contributed by atoms with E-state index in [0.717, 1.165) is 0 Å². The molecule has 0 aliphatic heterocycles. The predicted molar refractivity (Wildman–Crippen MR) is 87.0 cm³/mol. The van der Waals surface area contributed by atoms with Crippen molar-refractivity contribution in [1.29, 1.82) is 0 Å². The lowest BCUT2D eigenvalue weighted by Gasteiger charge is -2.31. The standard InChI is InChI=1S/C18H25NO2/c1-6-18(12-14(2)3,13-15(4)5)21-17(20)19-16-10-8-7-9-11-16/h1,7-11,14-15H,12-13H2,2-5H3,(H,19,20). The Balaban J connectivity index is 2.80. The number of carbonyl (C=O) groups excluding carboxylic acids is 1. The molecule has 0 fully saturated rings. The van der Waals surface area contributed by atoms with Crippen molar-refractivity contribution in [2.24, 2.45) is 11.8 Å². The van der Waals surface area contributed by atoms with Crippen molar-refractivity contribution in [3.63, 3.8) is 0 Å². The van der Waals surface area contributed by atoms with Gasteiger partial charge in [-0.3, -0.25) is 5.32 Å². The zero-order valence-electron chi connectivity index (χ0n) is 13.3. The Bertz CT molecular complexity index is 476. The van der Waals surface area contributed by atoms with Crippen LogP contribution in [-0.2, 0) is 4.74 Å². The maximum Gasteiger partial charge on any atom is 0.413 e. The third kappa shape index (κ3) is 5.91. The van der Waals surface area contributed by atoms with Crippen LogP contribution in [0.4, 0.5) is 10.5 Å². The SMILES string of the molecule is C#CC(CC(C)C)(CC(C)C)OC(=O)Nc1ccccc1. The highest BCUT2D eigenvalue weighted by atomic mass is 16.6. The van der Waals surface area contributed by atoms with E-state index in [1.165, 1.54) is 0 Å². The number of hydrogen-bond acceptors (Lipinski definition) is 2. The molecule has 0 aromatic heterocycles.